The topological polar surface area (TPSA) is 110 Å². The van der Waals surface area contributed by atoms with E-state index in [1.165, 1.54) is 179 Å². The summed E-state index contributed by atoms with van der Waals surface area (Å²) in [7, 11) is -5.03. The second-order valence-electron chi connectivity index (χ2n) is 16.4. The second-order valence-corrected chi connectivity index (χ2v) is 17.7. The number of carbonyl (C=O) groups excluding carboxylic acids is 2. The quantitative estimate of drug-likeness (QED) is 0.0212. The molecule has 59 heavy (non-hydrogen) atoms. The molecule has 0 amide bonds. The third-order valence-corrected chi connectivity index (χ3v) is 11.9. The monoisotopic (exact) mass is 853 g/mol. The minimum Gasteiger partial charge on any atom is -0.744 e. The summed E-state index contributed by atoms with van der Waals surface area (Å²) in [6, 6.07) is 3.60. The van der Waals surface area contributed by atoms with Crippen molar-refractivity contribution in [3.8, 4) is 0 Å². The molecule has 1 rings (SSSR count). The summed E-state index contributed by atoms with van der Waals surface area (Å²) >= 11 is 0. The summed E-state index contributed by atoms with van der Waals surface area (Å²) in [5.74, 6) is -1.85. The Morgan fingerprint density at radius 2 is 0.780 bits per heavy atom. The van der Waals surface area contributed by atoms with Crippen LogP contribution in [0.5, 0.6) is 0 Å². The summed E-state index contributed by atoms with van der Waals surface area (Å²) in [4.78, 5) is 25.2. The number of esters is 2. The molecule has 0 unspecified atom stereocenters. The number of unbranched alkanes of at least 4 members (excludes halogenated alkanes) is 30. The Morgan fingerprint density at radius 3 is 1.12 bits per heavy atom. The zero-order chi connectivity index (χ0) is 42.2. The molecule has 0 atom stereocenters. The number of allylic oxidation sites excluding steroid dienone is 4. The smallest absolute Gasteiger partial charge is 0.744 e. The molecular formula is C50H85NaO7S. The molecular weight excluding hydrogens is 768 g/mol. The second kappa shape index (κ2) is 41.9. The van der Waals surface area contributed by atoms with Crippen molar-refractivity contribution in [3.63, 3.8) is 0 Å². The van der Waals surface area contributed by atoms with Gasteiger partial charge in [0.25, 0.3) is 0 Å². The fraction of sp³-hybridized carbons (Fsp3) is 0.760. The van der Waals surface area contributed by atoms with Gasteiger partial charge in [-0.1, -0.05) is 198 Å². The largest absolute Gasteiger partial charge is 1.00 e. The SMILES string of the molecule is CCCCCCCCCCCCCCC/C=C/CCCCOC(=O)c1cccc(S(=O)(=O)[O-])c1C(=O)OCCCC/C=C/CCCCCCCCCCCCCCC.[Na+]. The first-order valence-corrected chi connectivity index (χ1v) is 25.5. The van der Waals surface area contributed by atoms with Gasteiger partial charge in [0.2, 0.25) is 0 Å². The minimum atomic E-state index is -5.03. The predicted octanol–water partition coefficient (Wildman–Crippen LogP) is 12.3. The van der Waals surface area contributed by atoms with Gasteiger partial charge in [-0.05, 0) is 76.3 Å². The van der Waals surface area contributed by atoms with E-state index in [2.05, 4.69) is 38.2 Å². The van der Waals surface area contributed by atoms with Gasteiger partial charge in [-0.2, -0.15) is 0 Å². The van der Waals surface area contributed by atoms with Crippen LogP contribution in [0.2, 0.25) is 0 Å². The summed E-state index contributed by atoms with van der Waals surface area (Å²) in [6.45, 7) is 4.71. The molecule has 1 aromatic rings. The van der Waals surface area contributed by atoms with E-state index in [0.717, 1.165) is 44.6 Å². The van der Waals surface area contributed by atoms with Crippen molar-refractivity contribution in [1.82, 2.24) is 0 Å². The van der Waals surface area contributed by atoms with E-state index in [0.29, 0.717) is 12.8 Å². The van der Waals surface area contributed by atoms with Crippen LogP contribution in [0.1, 0.15) is 253 Å². The van der Waals surface area contributed by atoms with E-state index >= 15 is 0 Å². The number of hydrogen-bond acceptors (Lipinski definition) is 7. The van der Waals surface area contributed by atoms with Crippen molar-refractivity contribution in [2.24, 2.45) is 0 Å². The van der Waals surface area contributed by atoms with Crippen molar-refractivity contribution in [1.29, 1.82) is 0 Å². The van der Waals surface area contributed by atoms with Gasteiger partial charge in [0, 0.05) is 0 Å². The fourth-order valence-electron chi connectivity index (χ4n) is 7.36. The maximum atomic E-state index is 13.0. The summed E-state index contributed by atoms with van der Waals surface area (Å²) < 4.78 is 46.8. The molecule has 7 nitrogen and oxygen atoms in total. The summed E-state index contributed by atoms with van der Waals surface area (Å²) in [5, 5.41) is 0. The Labute approximate surface area is 385 Å². The normalized spacial score (nSPS) is 11.7. The maximum Gasteiger partial charge on any atom is 1.00 e. The third kappa shape index (κ3) is 33.8. The minimum absolute atomic E-state index is 0. The van der Waals surface area contributed by atoms with Gasteiger partial charge < -0.3 is 14.0 Å². The zero-order valence-electron chi connectivity index (χ0n) is 38.3. The van der Waals surface area contributed by atoms with Gasteiger partial charge in [0.05, 0.1) is 29.2 Å². The van der Waals surface area contributed by atoms with Gasteiger partial charge >= 0.3 is 41.5 Å². The van der Waals surface area contributed by atoms with Crippen molar-refractivity contribution in [3.05, 3.63) is 53.6 Å². The van der Waals surface area contributed by atoms with E-state index in [9.17, 15) is 22.6 Å². The average molecular weight is 853 g/mol. The molecule has 0 radical (unpaired) electrons. The fourth-order valence-corrected chi connectivity index (χ4v) is 8.05. The molecule has 0 saturated carbocycles. The first-order chi connectivity index (χ1) is 28.3. The Kier molecular flexibility index (Phi) is 40.9. The van der Waals surface area contributed by atoms with Gasteiger partial charge in [0.15, 0.2) is 0 Å². The molecule has 0 aromatic heterocycles. The van der Waals surface area contributed by atoms with E-state index in [4.69, 9.17) is 9.47 Å². The first kappa shape index (κ1) is 57.5. The van der Waals surface area contributed by atoms with Crippen LogP contribution >= 0.6 is 0 Å². The van der Waals surface area contributed by atoms with Crippen molar-refractivity contribution in [2.45, 2.75) is 237 Å². The number of ether oxygens (including phenoxy) is 2. The molecule has 0 aliphatic carbocycles. The van der Waals surface area contributed by atoms with E-state index < -0.39 is 32.5 Å². The number of benzene rings is 1. The molecule has 0 N–H and O–H groups in total. The van der Waals surface area contributed by atoms with Crippen molar-refractivity contribution >= 4 is 22.1 Å². The molecule has 1 aromatic carbocycles. The molecule has 334 valence electrons. The third-order valence-electron chi connectivity index (χ3n) is 11.0. The Bertz CT molecular complexity index is 1310. The van der Waals surface area contributed by atoms with E-state index in [-0.39, 0.29) is 48.3 Å². The van der Waals surface area contributed by atoms with Crippen LogP contribution in [0.15, 0.2) is 47.4 Å². The predicted molar refractivity (Wildman–Crippen MR) is 242 cm³/mol. The Morgan fingerprint density at radius 1 is 0.475 bits per heavy atom. The molecule has 0 heterocycles. The molecule has 9 heteroatoms. The Balaban J connectivity index is 0.0000336. The van der Waals surface area contributed by atoms with Gasteiger partial charge in [-0.3, -0.25) is 0 Å². The number of carbonyl (C=O) groups is 2. The van der Waals surface area contributed by atoms with Crippen LogP contribution in [-0.4, -0.2) is 38.1 Å². The van der Waals surface area contributed by atoms with Crippen LogP contribution in [0.3, 0.4) is 0 Å². The summed E-state index contributed by atoms with van der Waals surface area (Å²) in [6.07, 6.45) is 50.6. The van der Waals surface area contributed by atoms with Crippen LogP contribution in [0.25, 0.3) is 0 Å². The standard InChI is InChI=1S/C50H86O7S.Na/c1-3-5-7-9-11-13-15-17-19-21-23-25-27-29-31-33-35-37-39-44-56-49(51)46-42-41-43-47(58(53,54)55)48(46)50(52)57-45-40-38-36-34-32-30-28-26-24-22-20-18-16-14-12-10-8-6-4-2;/h31-34,41-43H,3-30,35-40,44-45H2,1-2H3,(H,53,54,55);/q;+1/p-1/b33-31+,34-32+;. The van der Waals surface area contributed by atoms with Gasteiger partial charge in [-0.25, -0.2) is 18.0 Å². The van der Waals surface area contributed by atoms with Crippen molar-refractivity contribution in [2.75, 3.05) is 13.2 Å². The molecule has 0 spiro atoms. The first-order valence-electron chi connectivity index (χ1n) is 24.1. The Hall–Kier alpha value is -1.45. The van der Waals surface area contributed by atoms with E-state index in [1.807, 2.05) is 0 Å². The molecule has 0 aliphatic heterocycles. The zero-order valence-corrected chi connectivity index (χ0v) is 41.1. The molecule has 0 fully saturated rings. The summed E-state index contributed by atoms with van der Waals surface area (Å²) in [5.41, 5.74) is -0.813. The average Bonchev–Trinajstić information content (AvgIpc) is 3.21. The van der Waals surface area contributed by atoms with Gasteiger partial charge in [0.1, 0.15) is 10.1 Å². The maximum absolute atomic E-state index is 13.0. The van der Waals surface area contributed by atoms with Crippen LogP contribution in [0.4, 0.5) is 0 Å². The van der Waals surface area contributed by atoms with E-state index in [1.54, 1.807) is 0 Å². The van der Waals surface area contributed by atoms with Crippen LogP contribution < -0.4 is 29.6 Å². The van der Waals surface area contributed by atoms with Crippen molar-refractivity contribution < 1.29 is 61.6 Å². The number of rotatable bonds is 41. The number of hydrogen-bond donors (Lipinski definition) is 0. The molecule has 0 saturated heterocycles. The van der Waals surface area contributed by atoms with Gasteiger partial charge in [-0.15, -0.1) is 0 Å². The van der Waals surface area contributed by atoms with Crippen LogP contribution in [0, 0.1) is 0 Å². The molecule has 0 aliphatic rings. The van der Waals surface area contributed by atoms with Crippen LogP contribution in [-0.2, 0) is 19.6 Å². The molecule has 0 bridgehead atoms.